The summed E-state index contributed by atoms with van der Waals surface area (Å²) in [7, 11) is 0.807. The van der Waals surface area contributed by atoms with Crippen LogP contribution in [0.1, 0.15) is 12.0 Å². The van der Waals surface area contributed by atoms with E-state index in [1.807, 2.05) is 0 Å². The van der Waals surface area contributed by atoms with Crippen LogP contribution in [0.5, 0.6) is 5.75 Å². The van der Waals surface area contributed by atoms with Crippen LogP contribution < -0.4 is 4.74 Å². The number of halogens is 1. The molecular weight excluding hydrogens is 330 g/mol. The van der Waals surface area contributed by atoms with E-state index in [1.165, 1.54) is 31.7 Å². The highest BCUT2D eigenvalue weighted by Crippen LogP contribution is 2.44. The Morgan fingerprint density at radius 3 is 2.50 bits per heavy atom. The Morgan fingerprint density at radius 1 is 1.27 bits per heavy atom. The molecular formula is C14H20ClNO5S. The molecule has 1 aliphatic rings. The lowest BCUT2D eigenvalue weighted by Gasteiger charge is -2.41. The van der Waals surface area contributed by atoms with Crippen LogP contribution in [0.4, 0.5) is 0 Å². The van der Waals surface area contributed by atoms with Crippen molar-refractivity contribution in [1.29, 1.82) is 0 Å². The van der Waals surface area contributed by atoms with Gasteiger partial charge >= 0.3 is 0 Å². The van der Waals surface area contributed by atoms with E-state index < -0.39 is 15.8 Å². The number of methoxy groups -OCH3 is 3. The summed E-state index contributed by atoms with van der Waals surface area (Å²) >= 11 is 5.70. The van der Waals surface area contributed by atoms with Crippen LogP contribution in [0.2, 0.25) is 0 Å². The first-order chi connectivity index (χ1) is 10.5. The first kappa shape index (κ1) is 17.5. The number of hydrogen-bond acceptors (Lipinski definition) is 5. The van der Waals surface area contributed by atoms with E-state index in [4.69, 9.17) is 25.8 Å². The van der Waals surface area contributed by atoms with Gasteiger partial charge in [0.2, 0.25) is 15.8 Å². The number of rotatable bonds is 6. The maximum absolute atomic E-state index is 12.8. The zero-order chi connectivity index (χ0) is 16.4. The fourth-order valence-corrected chi connectivity index (χ4v) is 4.53. The van der Waals surface area contributed by atoms with Gasteiger partial charge in [0.1, 0.15) is 5.75 Å². The second-order valence-corrected chi connectivity index (χ2v) is 7.16. The molecule has 124 valence electrons. The van der Waals surface area contributed by atoms with Crippen LogP contribution in [0.15, 0.2) is 23.1 Å². The van der Waals surface area contributed by atoms with Gasteiger partial charge in [-0.05, 0) is 18.6 Å². The Hall–Kier alpha value is -0.860. The molecule has 0 bridgehead atoms. The van der Waals surface area contributed by atoms with Gasteiger partial charge in [-0.15, -0.1) is 11.6 Å². The van der Waals surface area contributed by atoms with E-state index in [2.05, 4.69) is 0 Å². The Balaban J connectivity index is 2.67. The Morgan fingerprint density at radius 2 is 1.95 bits per heavy atom. The highest BCUT2D eigenvalue weighted by molar-refractivity contribution is 7.89. The molecule has 0 radical (unpaired) electrons. The topological polar surface area (TPSA) is 65.1 Å². The van der Waals surface area contributed by atoms with Gasteiger partial charge in [-0.1, -0.05) is 6.07 Å². The van der Waals surface area contributed by atoms with Crippen LogP contribution >= 0.6 is 11.6 Å². The zero-order valence-electron chi connectivity index (χ0n) is 12.8. The molecule has 0 atom stereocenters. The zero-order valence-corrected chi connectivity index (χ0v) is 14.4. The molecule has 6 nitrogen and oxygen atoms in total. The number of hydrogen-bond donors (Lipinski definition) is 0. The van der Waals surface area contributed by atoms with Crippen molar-refractivity contribution in [2.45, 2.75) is 17.1 Å². The lowest BCUT2D eigenvalue weighted by Crippen LogP contribution is -2.51. The molecule has 22 heavy (non-hydrogen) atoms. The van der Waals surface area contributed by atoms with E-state index in [0.29, 0.717) is 30.2 Å². The number of alkyl halides is 1. The maximum atomic E-state index is 12.8. The van der Waals surface area contributed by atoms with Crippen molar-refractivity contribution >= 4 is 21.6 Å². The van der Waals surface area contributed by atoms with Gasteiger partial charge in [0, 0.05) is 26.6 Å². The average molecular weight is 350 g/mol. The normalized spacial score (nSPS) is 19.6. The lowest BCUT2D eigenvalue weighted by atomic mass is 10.0. The number of benzene rings is 1. The largest absolute Gasteiger partial charge is 0.496 e. The summed E-state index contributed by atoms with van der Waals surface area (Å²) in [4.78, 5) is 0.136. The summed E-state index contributed by atoms with van der Waals surface area (Å²) in [5.41, 5.74) is 0.393. The molecule has 1 aromatic rings. The number of nitrogens with zero attached hydrogens (tertiary/aromatic N) is 1. The van der Waals surface area contributed by atoms with Crippen LogP contribution in [0.3, 0.4) is 0 Å². The third-order valence-corrected chi connectivity index (χ3v) is 5.95. The van der Waals surface area contributed by atoms with Crippen molar-refractivity contribution in [2.75, 3.05) is 40.3 Å². The molecule has 1 heterocycles. The molecule has 0 saturated heterocycles. The summed E-state index contributed by atoms with van der Waals surface area (Å²) in [5, 5.41) is 0. The molecule has 0 amide bonds. The third-order valence-electron chi connectivity index (χ3n) is 3.79. The van der Waals surface area contributed by atoms with Crippen molar-refractivity contribution in [3.05, 3.63) is 23.8 Å². The van der Waals surface area contributed by atoms with Crippen molar-refractivity contribution in [2.24, 2.45) is 0 Å². The number of fused-ring (bicyclic) bond motifs is 1. The van der Waals surface area contributed by atoms with E-state index in [9.17, 15) is 8.42 Å². The summed E-state index contributed by atoms with van der Waals surface area (Å²) in [6, 6.07) is 4.86. The average Bonchev–Trinajstić information content (AvgIpc) is 2.54. The molecule has 1 aliphatic heterocycles. The second kappa shape index (κ2) is 6.72. The molecule has 8 heteroatoms. The van der Waals surface area contributed by atoms with Crippen molar-refractivity contribution in [3.8, 4) is 5.75 Å². The quantitative estimate of drug-likeness (QED) is 0.578. The summed E-state index contributed by atoms with van der Waals surface area (Å²) < 4.78 is 43.4. The van der Waals surface area contributed by atoms with Crippen LogP contribution in [-0.2, 0) is 25.3 Å². The second-order valence-electron chi connectivity index (χ2n) is 4.88. The van der Waals surface area contributed by atoms with E-state index >= 15 is 0 Å². The first-order valence-electron chi connectivity index (χ1n) is 6.80. The SMILES string of the molecule is COc1cccc2c1C(OC)(OC)CN(CCCCl)S2(=O)=O. The van der Waals surface area contributed by atoms with Gasteiger partial charge < -0.3 is 14.2 Å². The highest BCUT2D eigenvalue weighted by Gasteiger charge is 2.49. The minimum Gasteiger partial charge on any atom is -0.496 e. The minimum absolute atomic E-state index is 0.0482. The molecule has 0 aromatic heterocycles. The van der Waals surface area contributed by atoms with Crippen molar-refractivity contribution in [3.63, 3.8) is 0 Å². The number of ether oxygens (including phenoxy) is 3. The molecule has 1 aromatic carbocycles. The predicted octanol–water partition coefficient (Wildman–Crippen LogP) is 1.77. The van der Waals surface area contributed by atoms with Crippen molar-refractivity contribution < 1.29 is 22.6 Å². The van der Waals surface area contributed by atoms with E-state index in [-0.39, 0.29) is 11.4 Å². The van der Waals surface area contributed by atoms with Crippen molar-refractivity contribution in [1.82, 2.24) is 4.31 Å². The molecule has 0 N–H and O–H groups in total. The summed E-state index contributed by atoms with van der Waals surface area (Å²) in [6.07, 6.45) is 0.545. The molecule has 0 unspecified atom stereocenters. The molecule has 0 fully saturated rings. The van der Waals surface area contributed by atoms with Gasteiger partial charge in [-0.3, -0.25) is 0 Å². The highest BCUT2D eigenvalue weighted by atomic mass is 35.5. The minimum atomic E-state index is -3.64. The summed E-state index contributed by atoms with van der Waals surface area (Å²) in [5.74, 6) is -0.412. The molecule has 0 aliphatic carbocycles. The van der Waals surface area contributed by atoms with E-state index in [1.54, 1.807) is 12.1 Å². The standard InChI is InChI=1S/C14H20ClNO5S/c1-19-11-6-4-7-12-13(11)14(20-2,21-3)10-16(9-5-8-15)22(12,17)18/h4,6-7H,5,8-10H2,1-3H3. The van der Waals surface area contributed by atoms with Gasteiger partial charge in [0.05, 0.1) is 24.1 Å². The van der Waals surface area contributed by atoms with Gasteiger partial charge in [0.25, 0.3) is 0 Å². The molecule has 0 spiro atoms. The van der Waals surface area contributed by atoms with Gasteiger partial charge in [-0.25, -0.2) is 8.42 Å². The summed E-state index contributed by atoms with van der Waals surface area (Å²) in [6.45, 7) is 0.351. The fourth-order valence-electron chi connectivity index (χ4n) is 2.66. The first-order valence-corrected chi connectivity index (χ1v) is 8.78. The van der Waals surface area contributed by atoms with Crippen LogP contribution in [0.25, 0.3) is 0 Å². The monoisotopic (exact) mass is 349 g/mol. The smallest absolute Gasteiger partial charge is 0.243 e. The fraction of sp³-hybridized carbons (Fsp3) is 0.571. The number of sulfonamides is 1. The van der Waals surface area contributed by atoms with Gasteiger partial charge in [0.15, 0.2) is 0 Å². The molecule has 0 saturated carbocycles. The third kappa shape index (κ3) is 2.72. The molecule has 2 rings (SSSR count). The Bertz CT molecular complexity index is 630. The maximum Gasteiger partial charge on any atom is 0.243 e. The van der Waals surface area contributed by atoms with Crippen LogP contribution in [-0.4, -0.2) is 53.0 Å². The van der Waals surface area contributed by atoms with E-state index in [0.717, 1.165) is 0 Å². The Kier molecular flexibility index (Phi) is 5.34. The lowest BCUT2D eigenvalue weighted by molar-refractivity contribution is -0.224. The Labute approximate surface area is 136 Å². The van der Waals surface area contributed by atoms with Gasteiger partial charge in [-0.2, -0.15) is 4.31 Å². The van der Waals surface area contributed by atoms with Crippen LogP contribution in [0, 0.1) is 0 Å². The predicted molar refractivity (Wildman–Crippen MR) is 82.8 cm³/mol.